The summed E-state index contributed by atoms with van der Waals surface area (Å²) in [5, 5.41) is 7.44. The second-order valence-corrected chi connectivity index (χ2v) is 8.23. The molecule has 3 aromatic rings. The molecule has 1 saturated heterocycles. The highest BCUT2D eigenvalue weighted by Crippen LogP contribution is 2.15. The molecule has 4 rings (SSSR count). The van der Waals surface area contributed by atoms with Gasteiger partial charge in [0.05, 0.1) is 24.0 Å². The molecule has 1 aliphatic rings. The van der Waals surface area contributed by atoms with E-state index in [4.69, 9.17) is 0 Å². The summed E-state index contributed by atoms with van der Waals surface area (Å²) in [4.78, 5) is 27.4. The summed E-state index contributed by atoms with van der Waals surface area (Å²) < 4.78 is 1.89. The summed E-state index contributed by atoms with van der Waals surface area (Å²) in [6, 6.07) is 17.6. The van der Waals surface area contributed by atoms with Crippen LogP contribution in [0.3, 0.4) is 0 Å². The van der Waals surface area contributed by atoms with Crippen molar-refractivity contribution in [3.05, 3.63) is 88.7 Å². The topological polar surface area (TPSA) is 67.2 Å². The lowest BCUT2D eigenvalue weighted by Crippen LogP contribution is -2.35. The van der Waals surface area contributed by atoms with Crippen molar-refractivity contribution in [2.75, 3.05) is 13.1 Å². The Morgan fingerprint density at radius 1 is 0.938 bits per heavy atom. The molecule has 1 aromatic heterocycles. The number of carbonyl (C=O) groups is 2. The number of carbonyl (C=O) groups excluding carboxylic acids is 2. The molecule has 0 atom stereocenters. The zero-order valence-electron chi connectivity index (χ0n) is 18.6. The third-order valence-electron chi connectivity index (χ3n) is 6.00. The average Bonchev–Trinajstić information content (AvgIpc) is 3.26. The lowest BCUT2D eigenvalue weighted by atomic mass is 10.1. The van der Waals surface area contributed by atoms with Crippen molar-refractivity contribution in [1.82, 2.24) is 20.0 Å². The van der Waals surface area contributed by atoms with Gasteiger partial charge in [0.15, 0.2) is 0 Å². The van der Waals surface area contributed by atoms with Gasteiger partial charge in [0.2, 0.25) is 0 Å². The van der Waals surface area contributed by atoms with E-state index in [2.05, 4.69) is 22.5 Å². The van der Waals surface area contributed by atoms with Crippen LogP contribution in [-0.4, -0.2) is 39.6 Å². The van der Waals surface area contributed by atoms with Crippen LogP contribution in [0.25, 0.3) is 0 Å². The van der Waals surface area contributed by atoms with Gasteiger partial charge in [-0.05, 0) is 48.9 Å². The van der Waals surface area contributed by atoms with E-state index in [-0.39, 0.29) is 11.8 Å². The van der Waals surface area contributed by atoms with Crippen LogP contribution in [0.2, 0.25) is 0 Å². The largest absolute Gasteiger partial charge is 0.348 e. The van der Waals surface area contributed by atoms with Crippen molar-refractivity contribution in [2.24, 2.45) is 0 Å². The van der Waals surface area contributed by atoms with Crippen LogP contribution < -0.4 is 5.32 Å². The van der Waals surface area contributed by atoms with E-state index in [9.17, 15) is 9.59 Å². The molecular formula is C26H30N4O2. The Kier molecular flexibility index (Phi) is 7.00. The number of aromatic nitrogens is 2. The zero-order chi connectivity index (χ0) is 22.3. The summed E-state index contributed by atoms with van der Waals surface area (Å²) in [5.41, 5.74) is 4.35. The van der Waals surface area contributed by atoms with Crippen LogP contribution in [0.5, 0.6) is 0 Å². The second kappa shape index (κ2) is 10.3. The first-order valence-electron chi connectivity index (χ1n) is 11.4. The number of likely N-dealkylation sites (tertiary alicyclic amines) is 1. The SMILES string of the molecule is CCc1c(C(=O)NCc2ccc(C(=O)N3CCCCC3)cc2)cnn1Cc1ccccc1. The summed E-state index contributed by atoms with van der Waals surface area (Å²) in [7, 11) is 0. The van der Waals surface area contributed by atoms with Crippen LogP contribution in [0.15, 0.2) is 60.8 Å². The summed E-state index contributed by atoms with van der Waals surface area (Å²) >= 11 is 0. The Morgan fingerprint density at radius 2 is 1.66 bits per heavy atom. The van der Waals surface area contributed by atoms with E-state index < -0.39 is 0 Å². The number of nitrogens with one attached hydrogen (secondary N) is 1. The molecule has 1 N–H and O–H groups in total. The molecule has 0 radical (unpaired) electrons. The molecule has 0 spiro atoms. The molecule has 2 aromatic carbocycles. The van der Waals surface area contributed by atoms with E-state index >= 15 is 0 Å². The predicted molar refractivity (Wildman–Crippen MR) is 125 cm³/mol. The van der Waals surface area contributed by atoms with Crippen LogP contribution in [0, 0.1) is 0 Å². The second-order valence-electron chi connectivity index (χ2n) is 8.23. The van der Waals surface area contributed by atoms with E-state index in [1.165, 1.54) is 6.42 Å². The van der Waals surface area contributed by atoms with Gasteiger partial charge in [0.1, 0.15) is 0 Å². The van der Waals surface area contributed by atoms with E-state index in [0.29, 0.717) is 24.2 Å². The summed E-state index contributed by atoms with van der Waals surface area (Å²) in [6.45, 7) is 4.77. The number of rotatable bonds is 7. The molecule has 2 heterocycles. The highest BCUT2D eigenvalue weighted by molar-refractivity contribution is 5.95. The first kappa shape index (κ1) is 21.8. The summed E-state index contributed by atoms with van der Waals surface area (Å²) in [5.74, 6) is -0.0339. The van der Waals surface area contributed by atoms with Crippen molar-refractivity contribution in [1.29, 1.82) is 0 Å². The average molecular weight is 431 g/mol. The van der Waals surface area contributed by atoms with E-state index in [1.54, 1.807) is 6.20 Å². The van der Waals surface area contributed by atoms with Gasteiger partial charge in [-0.3, -0.25) is 14.3 Å². The number of nitrogens with zero attached hydrogens (tertiary/aromatic N) is 3. The molecule has 0 unspecified atom stereocenters. The lowest BCUT2D eigenvalue weighted by Gasteiger charge is -2.26. The molecule has 6 heteroatoms. The number of hydrogen-bond acceptors (Lipinski definition) is 3. The minimum atomic E-state index is -0.130. The Hall–Kier alpha value is -3.41. The first-order chi connectivity index (χ1) is 15.7. The van der Waals surface area contributed by atoms with Crippen molar-refractivity contribution in [3.8, 4) is 0 Å². The molecule has 0 bridgehead atoms. The number of benzene rings is 2. The fourth-order valence-electron chi connectivity index (χ4n) is 4.19. The monoisotopic (exact) mass is 430 g/mol. The van der Waals surface area contributed by atoms with Gasteiger partial charge in [-0.15, -0.1) is 0 Å². The normalized spacial score (nSPS) is 13.7. The molecule has 0 aliphatic carbocycles. The van der Waals surface area contributed by atoms with E-state index in [1.807, 2.05) is 59.0 Å². The molecule has 2 amide bonds. The molecule has 32 heavy (non-hydrogen) atoms. The molecule has 0 saturated carbocycles. The first-order valence-corrected chi connectivity index (χ1v) is 11.4. The Morgan fingerprint density at radius 3 is 2.34 bits per heavy atom. The fourth-order valence-corrected chi connectivity index (χ4v) is 4.19. The van der Waals surface area contributed by atoms with Crippen molar-refractivity contribution < 1.29 is 9.59 Å². The molecular weight excluding hydrogens is 400 g/mol. The van der Waals surface area contributed by atoms with Crippen molar-refractivity contribution in [2.45, 2.75) is 45.7 Å². The number of piperidine rings is 1. The van der Waals surface area contributed by atoms with Gasteiger partial charge in [0, 0.05) is 25.2 Å². The van der Waals surface area contributed by atoms with Crippen molar-refractivity contribution >= 4 is 11.8 Å². The third-order valence-corrected chi connectivity index (χ3v) is 6.00. The van der Waals surface area contributed by atoms with Gasteiger partial charge < -0.3 is 10.2 Å². The smallest absolute Gasteiger partial charge is 0.255 e. The van der Waals surface area contributed by atoms with Gasteiger partial charge >= 0.3 is 0 Å². The van der Waals surface area contributed by atoms with Crippen LogP contribution in [0.4, 0.5) is 0 Å². The predicted octanol–water partition coefficient (Wildman–Crippen LogP) is 4.05. The van der Waals surface area contributed by atoms with Gasteiger partial charge in [-0.1, -0.05) is 49.4 Å². The number of amides is 2. The Labute approximate surface area is 189 Å². The minimum absolute atomic E-state index is 0.0960. The number of hydrogen-bond donors (Lipinski definition) is 1. The van der Waals surface area contributed by atoms with E-state index in [0.717, 1.165) is 49.2 Å². The third kappa shape index (κ3) is 5.07. The zero-order valence-corrected chi connectivity index (χ0v) is 18.6. The van der Waals surface area contributed by atoms with Crippen LogP contribution in [0.1, 0.15) is 63.7 Å². The minimum Gasteiger partial charge on any atom is -0.348 e. The molecule has 166 valence electrons. The molecule has 1 fully saturated rings. The summed E-state index contributed by atoms with van der Waals surface area (Å²) in [6.07, 6.45) is 5.74. The maximum Gasteiger partial charge on any atom is 0.255 e. The van der Waals surface area contributed by atoms with Gasteiger partial charge in [0.25, 0.3) is 11.8 Å². The Balaban J connectivity index is 1.37. The lowest BCUT2D eigenvalue weighted by molar-refractivity contribution is 0.0724. The highest BCUT2D eigenvalue weighted by atomic mass is 16.2. The standard InChI is InChI=1S/C26H30N4O2/c1-2-24-23(18-28-30(24)19-21-9-5-3-6-10-21)25(31)27-17-20-11-13-22(14-12-20)26(32)29-15-7-4-8-16-29/h3,5-6,9-14,18H,2,4,7-8,15-17,19H2,1H3,(H,27,31). The van der Waals surface area contributed by atoms with Crippen molar-refractivity contribution in [3.63, 3.8) is 0 Å². The van der Waals surface area contributed by atoms with Crippen LogP contribution in [-0.2, 0) is 19.5 Å². The quantitative estimate of drug-likeness (QED) is 0.615. The highest BCUT2D eigenvalue weighted by Gasteiger charge is 2.19. The molecule has 1 aliphatic heterocycles. The van der Waals surface area contributed by atoms with Gasteiger partial charge in [-0.2, -0.15) is 5.10 Å². The maximum atomic E-state index is 12.8. The van der Waals surface area contributed by atoms with Crippen LogP contribution >= 0.6 is 0 Å². The van der Waals surface area contributed by atoms with Gasteiger partial charge in [-0.25, -0.2) is 0 Å². The Bertz CT molecular complexity index is 1050. The maximum absolute atomic E-state index is 12.8. The fraction of sp³-hybridized carbons (Fsp3) is 0.346. The molecule has 6 nitrogen and oxygen atoms in total.